The number of halogens is 1. The van der Waals surface area contributed by atoms with Crippen LogP contribution >= 0.6 is 0 Å². The Labute approximate surface area is 130 Å². The third-order valence-electron chi connectivity index (χ3n) is 2.99. The lowest BCUT2D eigenvalue weighted by Crippen LogP contribution is -2.30. The van der Waals surface area contributed by atoms with Crippen LogP contribution in [0.1, 0.15) is 11.3 Å². The van der Waals surface area contributed by atoms with Crippen LogP contribution in [0, 0.1) is 17.7 Å². The van der Waals surface area contributed by atoms with Gasteiger partial charge in [0.05, 0.1) is 18.1 Å². The first kappa shape index (κ1) is 14.9. The molecule has 10 heteroatoms. The number of aromatic amines is 1. The van der Waals surface area contributed by atoms with Crippen LogP contribution in [0.2, 0.25) is 0 Å². The Balaban J connectivity index is 2.08. The van der Waals surface area contributed by atoms with E-state index in [9.17, 15) is 22.7 Å². The Hall–Kier alpha value is -3.06. The molecule has 1 aliphatic rings. The van der Waals surface area contributed by atoms with Crippen molar-refractivity contribution in [1.29, 1.82) is 0 Å². The molecule has 0 spiro atoms. The number of benzene rings is 1. The quantitative estimate of drug-likeness (QED) is 0.626. The topological polar surface area (TPSA) is 115 Å². The van der Waals surface area contributed by atoms with Gasteiger partial charge in [0.1, 0.15) is 23.7 Å². The van der Waals surface area contributed by atoms with Gasteiger partial charge in [-0.25, -0.2) is 18.4 Å². The van der Waals surface area contributed by atoms with Crippen molar-refractivity contribution in [2.45, 2.75) is 0 Å². The summed E-state index contributed by atoms with van der Waals surface area (Å²) in [6.07, 6.45) is 2.83. The number of hydrogen-bond acceptors (Lipinski definition) is 5. The highest BCUT2D eigenvalue weighted by Gasteiger charge is 2.37. The standard InChI is InChI=1S/C13H9FN4O4S/c14-12-8(1-3-9-5-15-7-16-9)2-4-10(19)13(12)18-6-11(20)17-23(18,21)22/h2,4-5,7,19H,6H2,(H,15,16)(H,17,20). The number of imidazole rings is 1. The van der Waals surface area contributed by atoms with Gasteiger partial charge in [-0.15, -0.1) is 0 Å². The summed E-state index contributed by atoms with van der Waals surface area (Å²) >= 11 is 0. The van der Waals surface area contributed by atoms with E-state index in [0.29, 0.717) is 10.00 Å². The molecule has 1 aliphatic heterocycles. The molecule has 1 aromatic heterocycles. The van der Waals surface area contributed by atoms with E-state index in [4.69, 9.17) is 0 Å². The summed E-state index contributed by atoms with van der Waals surface area (Å²) in [5, 5.41) is 9.80. The van der Waals surface area contributed by atoms with E-state index >= 15 is 0 Å². The average Bonchev–Trinajstić information content (AvgIpc) is 3.06. The predicted octanol–water partition coefficient (Wildman–Crippen LogP) is -0.165. The number of anilines is 1. The zero-order valence-corrected chi connectivity index (χ0v) is 12.2. The molecular weight excluding hydrogens is 327 g/mol. The Kier molecular flexibility index (Phi) is 3.42. The van der Waals surface area contributed by atoms with Crippen LogP contribution in [0.3, 0.4) is 0 Å². The van der Waals surface area contributed by atoms with Crippen molar-refractivity contribution in [2.75, 3.05) is 10.8 Å². The minimum absolute atomic E-state index is 0.137. The molecule has 0 unspecified atom stereocenters. The molecule has 1 fully saturated rings. The molecule has 0 radical (unpaired) electrons. The van der Waals surface area contributed by atoms with Crippen LogP contribution in [-0.4, -0.2) is 35.9 Å². The zero-order chi connectivity index (χ0) is 16.6. The SMILES string of the molecule is O=C1CN(c2c(O)ccc(C#Cc3cnc[nH]3)c2F)S(=O)(=O)N1. The van der Waals surface area contributed by atoms with E-state index in [1.807, 2.05) is 0 Å². The van der Waals surface area contributed by atoms with Gasteiger partial charge in [0.2, 0.25) is 0 Å². The lowest BCUT2D eigenvalue weighted by Gasteiger charge is -2.17. The summed E-state index contributed by atoms with van der Waals surface area (Å²) in [4.78, 5) is 17.7. The number of carbonyl (C=O) groups is 1. The molecular formula is C13H9FN4O4S. The van der Waals surface area contributed by atoms with Gasteiger partial charge in [-0.2, -0.15) is 8.42 Å². The number of aromatic nitrogens is 2. The zero-order valence-electron chi connectivity index (χ0n) is 11.4. The van der Waals surface area contributed by atoms with Crippen LogP contribution in [0.4, 0.5) is 10.1 Å². The number of phenolic OH excluding ortho intramolecular Hbond substituents is 1. The van der Waals surface area contributed by atoms with E-state index in [1.165, 1.54) is 18.6 Å². The lowest BCUT2D eigenvalue weighted by atomic mass is 10.1. The van der Waals surface area contributed by atoms with E-state index < -0.39 is 39.9 Å². The molecule has 23 heavy (non-hydrogen) atoms. The van der Waals surface area contributed by atoms with Gasteiger partial charge in [-0.05, 0) is 18.1 Å². The fourth-order valence-corrected chi connectivity index (χ4v) is 3.16. The first-order chi connectivity index (χ1) is 10.9. The van der Waals surface area contributed by atoms with Crippen molar-refractivity contribution >= 4 is 21.8 Å². The number of aromatic hydroxyl groups is 1. The first-order valence-corrected chi connectivity index (χ1v) is 7.67. The minimum atomic E-state index is -4.24. The third kappa shape index (κ3) is 2.69. The van der Waals surface area contributed by atoms with Crippen molar-refractivity contribution in [3.8, 4) is 17.6 Å². The number of rotatable bonds is 1. The molecule has 0 bridgehead atoms. The number of nitrogens with one attached hydrogen (secondary N) is 2. The minimum Gasteiger partial charge on any atom is -0.506 e. The van der Waals surface area contributed by atoms with Gasteiger partial charge in [-0.1, -0.05) is 5.92 Å². The molecule has 1 amide bonds. The molecule has 0 aliphatic carbocycles. The summed E-state index contributed by atoms with van der Waals surface area (Å²) in [6.45, 7) is -0.621. The maximum Gasteiger partial charge on any atom is 0.326 e. The number of amides is 1. The number of hydrogen-bond donors (Lipinski definition) is 3. The second kappa shape index (κ2) is 5.29. The predicted molar refractivity (Wildman–Crippen MR) is 77.0 cm³/mol. The van der Waals surface area contributed by atoms with Crippen LogP contribution in [0.15, 0.2) is 24.7 Å². The van der Waals surface area contributed by atoms with Crippen molar-refractivity contribution in [3.05, 3.63) is 41.7 Å². The second-order valence-electron chi connectivity index (χ2n) is 4.55. The van der Waals surface area contributed by atoms with Crippen molar-refractivity contribution in [1.82, 2.24) is 14.7 Å². The second-order valence-corrected chi connectivity index (χ2v) is 6.14. The smallest absolute Gasteiger partial charge is 0.326 e. The normalized spacial score (nSPS) is 15.9. The number of carbonyl (C=O) groups excluding carboxylic acids is 1. The fourth-order valence-electron chi connectivity index (χ4n) is 1.99. The maximum absolute atomic E-state index is 14.6. The van der Waals surface area contributed by atoms with Crippen LogP contribution in [0.25, 0.3) is 0 Å². The van der Waals surface area contributed by atoms with Gasteiger partial charge in [0, 0.05) is 0 Å². The van der Waals surface area contributed by atoms with Gasteiger partial charge in [0.15, 0.2) is 5.82 Å². The monoisotopic (exact) mass is 336 g/mol. The number of nitrogens with zero attached hydrogens (tertiary/aromatic N) is 2. The molecule has 2 aromatic rings. The molecule has 0 atom stereocenters. The Morgan fingerprint density at radius 1 is 1.35 bits per heavy atom. The Bertz CT molecular complexity index is 944. The van der Waals surface area contributed by atoms with Crippen molar-refractivity contribution in [3.63, 3.8) is 0 Å². The number of phenols is 1. The van der Waals surface area contributed by atoms with Crippen LogP contribution in [-0.2, 0) is 15.0 Å². The van der Waals surface area contributed by atoms with Crippen molar-refractivity contribution in [2.24, 2.45) is 0 Å². The van der Waals surface area contributed by atoms with Crippen molar-refractivity contribution < 1.29 is 22.7 Å². The summed E-state index contributed by atoms with van der Waals surface area (Å²) in [7, 11) is -4.24. The highest BCUT2D eigenvalue weighted by Crippen LogP contribution is 2.34. The molecule has 0 saturated carbocycles. The first-order valence-electron chi connectivity index (χ1n) is 6.23. The molecule has 3 N–H and O–H groups in total. The summed E-state index contributed by atoms with van der Waals surface area (Å²) in [6, 6.07) is 2.31. The number of H-pyrrole nitrogens is 1. The summed E-state index contributed by atoms with van der Waals surface area (Å²) in [5.74, 6) is 2.64. The summed E-state index contributed by atoms with van der Waals surface area (Å²) in [5.41, 5.74) is -0.327. The van der Waals surface area contributed by atoms with Gasteiger partial charge in [-0.3, -0.25) is 4.79 Å². The average molecular weight is 336 g/mol. The van der Waals surface area contributed by atoms with E-state index in [2.05, 4.69) is 21.8 Å². The van der Waals surface area contributed by atoms with Gasteiger partial charge < -0.3 is 10.1 Å². The molecule has 1 saturated heterocycles. The van der Waals surface area contributed by atoms with Gasteiger partial charge in [0.25, 0.3) is 5.91 Å². The van der Waals surface area contributed by atoms with E-state index in [-0.39, 0.29) is 5.56 Å². The van der Waals surface area contributed by atoms with Crippen LogP contribution in [0.5, 0.6) is 5.75 Å². The van der Waals surface area contributed by atoms with Crippen LogP contribution < -0.4 is 9.03 Å². The van der Waals surface area contributed by atoms with E-state index in [1.54, 1.807) is 4.72 Å². The Morgan fingerprint density at radius 3 is 2.74 bits per heavy atom. The Morgan fingerprint density at radius 2 is 2.13 bits per heavy atom. The fraction of sp³-hybridized carbons (Fsp3) is 0.0769. The maximum atomic E-state index is 14.6. The molecule has 1 aromatic carbocycles. The summed E-state index contributed by atoms with van der Waals surface area (Å²) < 4.78 is 40.3. The van der Waals surface area contributed by atoms with E-state index in [0.717, 1.165) is 6.07 Å². The lowest BCUT2D eigenvalue weighted by molar-refractivity contribution is -0.117. The largest absolute Gasteiger partial charge is 0.506 e. The van der Waals surface area contributed by atoms with Gasteiger partial charge >= 0.3 is 10.2 Å². The third-order valence-corrected chi connectivity index (χ3v) is 4.37. The molecule has 118 valence electrons. The highest BCUT2D eigenvalue weighted by molar-refractivity contribution is 7.92. The highest BCUT2D eigenvalue weighted by atomic mass is 32.2. The molecule has 3 rings (SSSR count). The molecule has 2 heterocycles. The molecule has 8 nitrogen and oxygen atoms in total.